The number of hydrogen-bond acceptors (Lipinski definition) is 5. The van der Waals surface area contributed by atoms with Gasteiger partial charge in [0.2, 0.25) is 0 Å². The molecule has 0 radical (unpaired) electrons. The van der Waals surface area contributed by atoms with Gasteiger partial charge in [-0.1, -0.05) is 13.0 Å². The zero-order valence-corrected chi connectivity index (χ0v) is 12.9. The Balaban J connectivity index is 1.94. The topological polar surface area (TPSA) is 88.2 Å². The zero-order valence-electron chi connectivity index (χ0n) is 12.1. The molecule has 6 nitrogen and oxygen atoms in total. The summed E-state index contributed by atoms with van der Waals surface area (Å²) in [5, 5.41) is 5.33. The summed E-state index contributed by atoms with van der Waals surface area (Å²) in [4.78, 5) is 16.3. The Kier molecular flexibility index (Phi) is 5.17. The standard InChI is InChI=1S/C14H21N3O3S/c1-2-8-15-13-7-3-6-12(17-13)14(18)16-10-11-5-4-9-21(11,19)20/h3,6-7,11H,2,4-5,8-10H2,1H3,(H,15,17)(H,16,18). The summed E-state index contributed by atoms with van der Waals surface area (Å²) in [6.07, 6.45) is 2.27. The molecule has 7 heteroatoms. The molecule has 1 saturated heterocycles. The van der Waals surface area contributed by atoms with E-state index in [0.717, 1.165) is 13.0 Å². The molecule has 1 fully saturated rings. The third kappa shape index (κ3) is 4.17. The highest BCUT2D eigenvalue weighted by Crippen LogP contribution is 2.19. The molecule has 21 heavy (non-hydrogen) atoms. The Morgan fingerprint density at radius 2 is 2.24 bits per heavy atom. The maximum Gasteiger partial charge on any atom is 0.270 e. The maximum absolute atomic E-state index is 12.0. The molecule has 0 bridgehead atoms. The SMILES string of the molecule is CCCNc1cccc(C(=O)NCC2CCCS2(=O)=O)n1. The second-order valence-corrected chi connectivity index (χ2v) is 7.58. The van der Waals surface area contributed by atoms with Gasteiger partial charge in [-0.2, -0.15) is 0 Å². The van der Waals surface area contributed by atoms with Crippen molar-refractivity contribution in [2.75, 3.05) is 24.2 Å². The van der Waals surface area contributed by atoms with Crippen LogP contribution in [0.3, 0.4) is 0 Å². The first-order valence-electron chi connectivity index (χ1n) is 7.23. The van der Waals surface area contributed by atoms with Crippen molar-refractivity contribution >= 4 is 21.6 Å². The fraction of sp³-hybridized carbons (Fsp3) is 0.571. The van der Waals surface area contributed by atoms with E-state index in [4.69, 9.17) is 0 Å². The van der Waals surface area contributed by atoms with Crippen molar-refractivity contribution in [2.45, 2.75) is 31.4 Å². The Morgan fingerprint density at radius 3 is 2.90 bits per heavy atom. The molecule has 1 aliphatic heterocycles. The van der Waals surface area contributed by atoms with E-state index in [0.29, 0.717) is 24.4 Å². The quantitative estimate of drug-likeness (QED) is 0.824. The van der Waals surface area contributed by atoms with Gasteiger partial charge in [-0.25, -0.2) is 13.4 Å². The van der Waals surface area contributed by atoms with Crippen LogP contribution in [0.5, 0.6) is 0 Å². The maximum atomic E-state index is 12.0. The van der Waals surface area contributed by atoms with Gasteiger partial charge in [0.25, 0.3) is 5.91 Å². The Hall–Kier alpha value is -1.63. The molecular formula is C14H21N3O3S. The van der Waals surface area contributed by atoms with Crippen molar-refractivity contribution in [2.24, 2.45) is 0 Å². The lowest BCUT2D eigenvalue weighted by molar-refractivity contribution is 0.0948. The molecule has 1 aromatic heterocycles. The summed E-state index contributed by atoms with van der Waals surface area (Å²) in [6.45, 7) is 3.00. The molecule has 1 aliphatic rings. The van der Waals surface area contributed by atoms with E-state index in [1.54, 1.807) is 18.2 Å². The summed E-state index contributed by atoms with van der Waals surface area (Å²) in [6, 6.07) is 5.18. The van der Waals surface area contributed by atoms with Crippen molar-refractivity contribution in [3.05, 3.63) is 23.9 Å². The molecule has 2 heterocycles. The van der Waals surface area contributed by atoms with E-state index < -0.39 is 15.1 Å². The molecule has 0 aromatic carbocycles. The molecule has 1 atom stereocenters. The van der Waals surface area contributed by atoms with E-state index in [2.05, 4.69) is 15.6 Å². The number of sulfone groups is 1. The number of hydrogen-bond donors (Lipinski definition) is 2. The second-order valence-electron chi connectivity index (χ2n) is 5.18. The first kappa shape index (κ1) is 15.8. The van der Waals surface area contributed by atoms with Crippen molar-refractivity contribution in [1.29, 1.82) is 0 Å². The van der Waals surface area contributed by atoms with Crippen LogP contribution in [0, 0.1) is 0 Å². The first-order chi connectivity index (χ1) is 10.0. The van der Waals surface area contributed by atoms with Crippen LogP contribution < -0.4 is 10.6 Å². The van der Waals surface area contributed by atoms with Crippen LogP contribution in [0.15, 0.2) is 18.2 Å². The first-order valence-corrected chi connectivity index (χ1v) is 8.95. The van der Waals surface area contributed by atoms with Gasteiger partial charge in [-0.3, -0.25) is 4.79 Å². The predicted molar refractivity (Wildman–Crippen MR) is 82.2 cm³/mol. The predicted octanol–water partition coefficient (Wildman–Crippen LogP) is 1.21. The smallest absolute Gasteiger partial charge is 0.270 e. The van der Waals surface area contributed by atoms with Crippen LogP contribution in [-0.2, 0) is 9.84 Å². The molecule has 0 spiro atoms. The lowest BCUT2D eigenvalue weighted by atomic mass is 10.2. The van der Waals surface area contributed by atoms with E-state index >= 15 is 0 Å². The van der Waals surface area contributed by atoms with Gasteiger partial charge >= 0.3 is 0 Å². The molecule has 1 aromatic rings. The number of anilines is 1. The number of carbonyl (C=O) groups excluding carboxylic acids is 1. The van der Waals surface area contributed by atoms with Crippen LogP contribution in [0.4, 0.5) is 5.82 Å². The number of amides is 1. The van der Waals surface area contributed by atoms with Gasteiger partial charge in [0.15, 0.2) is 9.84 Å². The average Bonchev–Trinajstić information content (AvgIpc) is 2.81. The number of pyridine rings is 1. The van der Waals surface area contributed by atoms with Gasteiger partial charge in [0.05, 0.1) is 11.0 Å². The van der Waals surface area contributed by atoms with E-state index in [1.165, 1.54) is 0 Å². The van der Waals surface area contributed by atoms with E-state index in [1.807, 2.05) is 6.92 Å². The number of nitrogens with one attached hydrogen (secondary N) is 2. The van der Waals surface area contributed by atoms with Gasteiger partial charge in [-0.05, 0) is 31.4 Å². The highest BCUT2D eigenvalue weighted by molar-refractivity contribution is 7.92. The van der Waals surface area contributed by atoms with Crippen LogP contribution in [0.2, 0.25) is 0 Å². The minimum atomic E-state index is -3.03. The summed E-state index contributed by atoms with van der Waals surface area (Å²) in [5.74, 6) is 0.539. The Morgan fingerprint density at radius 1 is 1.43 bits per heavy atom. The average molecular weight is 311 g/mol. The molecule has 2 N–H and O–H groups in total. The van der Waals surface area contributed by atoms with Gasteiger partial charge in [-0.15, -0.1) is 0 Å². The summed E-state index contributed by atoms with van der Waals surface area (Å²) < 4.78 is 23.4. The fourth-order valence-electron chi connectivity index (χ4n) is 2.30. The highest BCUT2D eigenvalue weighted by Gasteiger charge is 2.31. The van der Waals surface area contributed by atoms with Crippen molar-refractivity contribution < 1.29 is 13.2 Å². The summed E-state index contributed by atoms with van der Waals surface area (Å²) >= 11 is 0. The van der Waals surface area contributed by atoms with Crippen LogP contribution >= 0.6 is 0 Å². The minimum Gasteiger partial charge on any atom is -0.370 e. The lowest BCUT2D eigenvalue weighted by Crippen LogP contribution is -2.35. The third-order valence-electron chi connectivity index (χ3n) is 3.49. The third-order valence-corrected chi connectivity index (χ3v) is 5.77. The van der Waals surface area contributed by atoms with E-state index in [-0.39, 0.29) is 18.2 Å². The van der Waals surface area contributed by atoms with Crippen molar-refractivity contribution in [3.63, 3.8) is 0 Å². The van der Waals surface area contributed by atoms with Crippen LogP contribution in [0.1, 0.15) is 36.7 Å². The van der Waals surface area contributed by atoms with Gasteiger partial charge in [0.1, 0.15) is 11.5 Å². The summed E-state index contributed by atoms with van der Waals surface area (Å²) in [7, 11) is -3.03. The normalized spacial score (nSPS) is 20.1. The fourth-order valence-corrected chi connectivity index (χ4v) is 4.06. The highest BCUT2D eigenvalue weighted by atomic mass is 32.2. The number of carbonyl (C=O) groups is 1. The zero-order chi connectivity index (χ0) is 15.3. The largest absolute Gasteiger partial charge is 0.370 e. The molecule has 2 rings (SSSR count). The number of nitrogens with zero attached hydrogens (tertiary/aromatic N) is 1. The van der Waals surface area contributed by atoms with Gasteiger partial charge in [0, 0.05) is 13.1 Å². The van der Waals surface area contributed by atoms with Crippen LogP contribution in [-0.4, -0.2) is 43.4 Å². The summed E-state index contributed by atoms with van der Waals surface area (Å²) in [5.41, 5.74) is 0.298. The van der Waals surface area contributed by atoms with Gasteiger partial charge < -0.3 is 10.6 Å². The van der Waals surface area contributed by atoms with Crippen LogP contribution in [0.25, 0.3) is 0 Å². The molecule has 1 unspecified atom stereocenters. The number of aromatic nitrogens is 1. The van der Waals surface area contributed by atoms with Crippen molar-refractivity contribution in [3.8, 4) is 0 Å². The Labute approximate surface area is 125 Å². The molecule has 0 saturated carbocycles. The monoisotopic (exact) mass is 311 g/mol. The molecule has 1 amide bonds. The molecule has 0 aliphatic carbocycles. The second kappa shape index (κ2) is 6.89. The van der Waals surface area contributed by atoms with E-state index in [9.17, 15) is 13.2 Å². The molecular weight excluding hydrogens is 290 g/mol. The molecule has 116 valence electrons. The van der Waals surface area contributed by atoms with Crippen molar-refractivity contribution in [1.82, 2.24) is 10.3 Å². The lowest BCUT2D eigenvalue weighted by Gasteiger charge is -2.11. The minimum absolute atomic E-state index is 0.162. The Bertz CT molecular complexity index is 601. The number of rotatable bonds is 6.